The summed E-state index contributed by atoms with van der Waals surface area (Å²) in [4.78, 5) is 10.6. The summed E-state index contributed by atoms with van der Waals surface area (Å²) in [5.74, 6) is -1.56. The predicted octanol–water partition coefficient (Wildman–Crippen LogP) is 1.40. The molecule has 86 valence electrons. The van der Waals surface area contributed by atoms with Crippen LogP contribution in [0.3, 0.4) is 0 Å². The number of benzene rings is 1. The summed E-state index contributed by atoms with van der Waals surface area (Å²) in [7, 11) is 0. The molecule has 16 heavy (non-hydrogen) atoms. The van der Waals surface area contributed by atoms with Gasteiger partial charge < -0.3 is 20.6 Å². The van der Waals surface area contributed by atoms with Crippen LogP contribution in [0.4, 0.5) is 5.69 Å². The number of rotatable bonds is 4. The number of carboxylic acid groups (broad SMARTS) is 1. The lowest BCUT2D eigenvalue weighted by Gasteiger charge is -2.14. The number of anilines is 1. The molecule has 4 N–H and O–H groups in total. The van der Waals surface area contributed by atoms with Gasteiger partial charge in [0.1, 0.15) is 17.5 Å². The first-order chi connectivity index (χ1) is 7.41. The number of aliphatic hydroxyl groups excluding tert-OH is 1. The van der Waals surface area contributed by atoms with E-state index < -0.39 is 12.2 Å². The van der Waals surface area contributed by atoms with Crippen molar-refractivity contribution in [1.29, 1.82) is 0 Å². The molecule has 0 fully saturated rings. The van der Waals surface area contributed by atoms with Crippen LogP contribution in [0.5, 0.6) is 5.75 Å². The Morgan fingerprint density at radius 1 is 1.50 bits per heavy atom. The largest absolute Gasteiger partial charge is 0.507 e. The normalized spacial score (nSPS) is 11.9. The van der Waals surface area contributed by atoms with E-state index in [0.717, 1.165) is 0 Å². The molecule has 0 aliphatic carbocycles. The summed E-state index contributed by atoms with van der Waals surface area (Å²) in [5, 5.41) is 30.2. The molecule has 0 saturated carbocycles. The molecule has 0 heterocycles. The van der Waals surface area contributed by atoms with Gasteiger partial charge in [-0.2, -0.15) is 0 Å². The number of carbonyl (C=O) groups is 1. The van der Waals surface area contributed by atoms with E-state index in [1.807, 2.05) is 0 Å². The third kappa shape index (κ3) is 2.74. The van der Waals surface area contributed by atoms with Crippen molar-refractivity contribution in [3.05, 3.63) is 35.9 Å². The molecular formula is C11H13NO4. The highest BCUT2D eigenvalue weighted by atomic mass is 16.4. The molecule has 1 rings (SSSR count). The Kier molecular flexibility index (Phi) is 3.52. The van der Waals surface area contributed by atoms with Gasteiger partial charge in [-0.15, -0.1) is 0 Å². The van der Waals surface area contributed by atoms with Crippen LogP contribution in [0.1, 0.15) is 17.3 Å². The van der Waals surface area contributed by atoms with Crippen LogP contribution in [0.25, 0.3) is 0 Å². The lowest BCUT2D eigenvalue weighted by atomic mass is 10.1. The van der Waals surface area contributed by atoms with Crippen LogP contribution >= 0.6 is 0 Å². The lowest BCUT2D eigenvalue weighted by Crippen LogP contribution is -2.19. The molecule has 0 saturated heterocycles. The van der Waals surface area contributed by atoms with Crippen molar-refractivity contribution in [2.24, 2.45) is 0 Å². The van der Waals surface area contributed by atoms with Crippen molar-refractivity contribution >= 4 is 11.7 Å². The summed E-state index contributed by atoms with van der Waals surface area (Å²) in [5.41, 5.74) is 0.746. The fourth-order valence-corrected chi connectivity index (χ4v) is 1.08. The molecule has 1 aromatic carbocycles. The molecule has 0 aromatic heterocycles. The van der Waals surface area contributed by atoms with Gasteiger partial charge in [0, 0.05) is 11.8 Å². The molecule has 0 radical (unpaired) electrons. The molecule has 1 unspecified atom stereocenters. The first-order valence-corrected chi connectivity index (χ1v) is 4.58. The Morgan fingerprint density at radius 2 is 2.12 bits per heavy atom. The molecular weight excluding hydrogens is 210 g/mol. The van der Waals surface area contributed by atoms with Gasteiger partial charge in [0.25, 0.3) is 0 Å². The highest BCUT2D eigenvalue weighted by Gasteiger charge is 2.11. The lowest BCUT2D eigenvalue weighted by molar-refractivity contribution is 0.0694. The fraction of sp³-hybridized carbons (Fsp3) is 0.182. The Labute approximate surface area is 92.7 Å². The zero-order valence-corrected chi connectivity index (χ0v) is 8.77. The number of aromatic hydroxyl groups is 1. The number of carboxylic acids is 1. The minimum atomic E-state index is -1.20. The third-order valence-electron chi connectivity index (χ3n) is 2.00. The zero-order chi connectivity index (χ0) is 12.3. The first-order valence-electron chi connectivity index (χ1n) is 4.58. The average Bonchev–Trinajstić information content (AvgIpc) is 2.16. The zero-order valence-electron chi connectivity index (χ0n) is 8.77. The minimum Gasteiger partial charge on any atom is -0.507 e. The highest BCUT2D eigenvalue weighted by molar-refractivity contribution is 5.91. The monoisotopic (exact) mass is 223 g/mol. The average molecular weight is 223 g/mol. The standard InChI is InChI=1S/C11H13NO4/c1-6(2)10(14)12-7-3-4-8(11(15)16)9(13)5-7/h3-5,10,12-14H,1H2,2H3,(H,15,16). The second kappa shape index (κ2) is 4.67. The summed E-state index contributed by atoms with van der Waals surface area (Å²) < 4.78 is 0. The Balaban J connectivity index is 2.89. The summed E-state index contributed by atoms with van der Waals surface area (Å²) in [6.07, 6.45) is -0.935. The van der Waals surface area contributed by atoms with Crippen molar-refractivity contribution in [2.75, 3.05) is 5.32 Å². The van der Waals surface area contributed by atoms with Gasteiger partial charge in [-0.25, -0.2) is 4.79 Å². The minimum absolute atomic E-state index is 0.185. The Bertz CT molecular complexity index is 428. The maximum Gasteiger partial charge on any atom is 0.339 e. The van der Waals surface area contributed by atoms with Gasteiger partial charge in [-0.05, 0) is 24.6 Å². The number of aromatic carboxylic acids is 1. The Hall–Kier alpha value is -2.01. The second-order valence-corrected chi connectivity index (χ2v) is 3.43. The van der Waals surface area contributed by atoms with Crippen molar-refractivity contribution < 1.29 is 20.1 Å². The van der Waals surface area contributed by atoms with E-state index in [0.29, 0.717) is 11.3 Å². The molecule has 0 aliphatic rings. The number of hydrogen-bond donors (Lipinski definition) is 4. The van der Waals surface area contributed by atoms with Crippen LogP contribution in [0.2, 0.25) is 0 Å². The van der Waals surface area contributed by atoms with Crippen LogP contribution in [-0.2, 0) is 0 Å². The summed E-state index contributed by atoms with van der Waals surface area (Å²) in [6.45, 7) is 5.19. The van der Waals surface area contributed by atoms with Crippen molar-refractivity contribution in [3.8, 4) is 5.75 Å². The number of aliphatic hydroxyl groups is 1. The Morgan fingerprint density at radius 3 is 2.56 bits per heavy atom. The van der Waals surface area contributed by atoms with Crippen LogP contribution in [0.15, 0.2) is 30.4 Å². The van der Waals surface area contributed by atoms with E-state index in [1.165, 1.54) is 18.2 Å². The molecule has 1 atom stereocenters. The van der Waals surface area contributed by atoms with E-state index in [1.54, 1.807) is 6.92 Å². The summed E-state index contributed by atoms with van der Waals surface area (Å²) >= 11 is 0. The molecule has 0 bridgehead atoms. The SMILES string of the molecule is C=C(C)C(O)Nc1ccc(C(=O)O)c(O)c1. The molecule has 0 spiro atoms. The molecule has 0 amide bonds. The quantitative estimate of drug-likeness (QED) is 0.457. The van der Waals surface area contributed by atoms with E-state index in [9.17, 15) is 15.0 Å². The smallest absolute Gasteiger partial charge is 0.339 e. The topological polar surface area (TPSA) is 89.8 Å². The fourth-order valence-electron chi connectivity index (χ4n) is 1.08. The second-order valence-electron chi connectivity index (χ2n) is 3.43. The van der Waals surface area contributed by atoms with Gasteiger partial charge >= 0.3 is 5.97 Å². The maximum atomic E-state index is 10.6. The maximum absolute atomic E-state index is 10.6. The van der Waals surface area contributed by atoms with E-state index in [4.69, 9.17) is 5.11 Å². The van der Waals surface area contributed by atoms with E-state index >= 15 is 0 Å². The number of phenols is 1. The predicted molar refractivity (Wildman–Crippen MR) is 59.5 cm³/mol. The third-order valence-corrected chi connectivity index (χ3v) is 2.00. The van der Waals surface area contributed by atoms with Crippen molar-refractivity contribution in [3.63, 3.8) is 0 Å². The van der Waals surface area contributed by atoms with Gasteiger partial charge in [0.15, 0.2) is 0 Å². The molecule has 5 heteroatoms. The first kappa shape index (κ1) is 12.1. The number of nitrogens with one attached hydrogen (secondary N) is 1. The van der Waals surface area contributed by atoms with Gasteiger partial charge in [0.2, 0.25) is 0 Å². The molecule has 0 aliphatic heterocycles. The van der Waals surface area contributed by atoms with Crippen molar-refractivity contribution in [2.45, 2.75) is 13.2 Å². The van der Waals surface area contributed by atoms with Gasteiger partial charge in [0.05, 0.1) is 0 Å². The van der Waals surface area contributed by atoms with E-state index in [2.05, 4.69) is 11.9 Å². The van der Waals surface area contributed by atoms with Gasteiger partial charge in [-0.1, -0.05) is 6.58 Å². The highest BCUT2D eigenvalue weighted by Crippen LogP contribution is 2.22. The van der Waals surface area contributed by atoms with Crippen molar-refractivity contribution in [1.82, 2.24) is 0 Å². The van der Waals surface area contributed by atoms with Crippen LogP contribution in [0, 0.1) is 0 Å². The van der Waals surface area contributed by atoms with Gasteiger partial charge in [-0.3, -0.25) is 0 Å². The summed E-state index contributed by atoms with van der Waals surface area (Å²) in [6, 6.07) is 3.94. The molecule has 1 aromatic rings. The van der Waals surface area contributed by atoms with Crippen LogP contribution < -0.4 is 5.32 Å². The van der Waals surface area contributed by atoms with Crippen LogP contribution in [-0.4, -0.2) is 27.5 Å². The number of hydrogen-bond acceptors (Lipinski definition) is 4. The molecule has 5 nitrogen and oxygen atoms in total. The van der Waals surface area contributed by atoms with E-state index in [-0.39, 0.29) is 11.3 Å².